The van der Waals surface area contributed by atoms with E-state index in [1.54, 1.807) is 6.07 Å². The van der Waals surface area contributed by atoms with Gasteiger partial charge >= 0.3 is 0 Å². The van der Waals surface area contributed by atoms with Crippen LogP contribution in [0.4, 0.5) is 5.82 Å². The molecule has 15 heavy (non-hydrogen) atoms. The van der Waals surface area contributed by atoms with Crippen molar-refractivity contribution in [1.82, 2.24) is 20.4 Å². The normalized spacial score (nSPS) is 12.7. The Balaban J connectivity index is 2.41. The summed E-state index contributed by atoms with van der Waals surface area (Å²) in [5, 5.41) is 20.0. The number of nitrogens with two attached hydrogens (primary N) is 1. The Morgan fingerprint density at radius 2 is 2.27 bits per heavy atom. The molecule has 0 amide bonds. The van der Waals surface area contributed by atoms with Crippen LogP contribution >= 0.6 is 11.6 Å². The number of halogens is 1. The highest BCUT2D eigenvalue weighted by Crippen LogP contribution is 2.25. The van der Waals surface area contributed by atoms with Crippen molar-refractivity contribution in [1.29, 1.82) is 0 Å². The van der Waals surface area contributed by atoms with Crippen molar-refractivity contribution in [2.45, 2.75) is 6.10 Å². The molecule has 0 fully saturated rings. The van der Waals surface area contributed by atoms with Crippen LogP contribution in [0.15, 0.2) is 18.5 Å². The highest BCUT2D eigenvalue weighted by Gasteiger charge is 2.17. The van der Waals surface area contributed by atoms with Gasteiger partial charge in [0, 0.05) is 11.8 Å². The molecule has 2 aromatic heterocycles. The van der Waals surface area contributed by atoms with E-state index in [0.717, 1.165) is 0 Å². The molecule has 1 atom stereocenters. The predicted molar refractivity (Wildman–Crippen MR) is 54.1 cm³/mol. The number of anilines is 1. The SMILES string of the molecule is Nc1ncc(Cl)cc1C(O)c1cn[nH]n1. The van der Waals surface area contributed by atoms with Gasteiger partial charge in [-0.15, -0.1) is 0 Å². The second kappa shape index (κ2) is 3.84. The van der Waals surface area contributed by atoms with Crippen LogP contribution in [-0.4, -0.2) is 25.5 Å². The van der Waals surface area contributed by atoms with Crippen molar-refractivity contribution >= 4 is 17.4 Å². The monoisotopic (exact) mass is 225 g/mol. The number of nitrogens with zero attached hydrogens (tertiary/aromatic N) is 3. The summed E-state index contributed by atoms with van der Waals surface area (Å²) in [4.78, 5) is 3.84. The summed E-state index contributed by atoms with van der Waals surface area (Å²) in [6.45, 7) is 0. The van der Waals surface area contributed by atoms with Gasteiger partial charge in [0.05, 0.1) is 11.2 Å². The maximum absolute atomic E-state index is 9.88. The van der Waals surface area contributed by atoms with Crippen LogP contribution in [0.3, 0.4) is 0 Å². The summed E-state index contributed by atoms with van der Waals surface area (Å²) >= 11 is 5.75. The lowest BCUT2D eigenvalue weighted by Gasteiger charge is -2.09. The Hall–Kier alpha value is -1.66. The molecule has 0 spiro atoms. The summed E-state index contributed by atoms with van der Waals surface area (Å²) < 4.78 is 0. The van der Waals surface area contributed by atoms with Crippen LogP contribution in [-0.2, 0) is 0 Å². The Labute approximate surface area is 90.1 Å². The molecule has 0 radical (unpaired) electrons. The van der Waals surface area contributed by atoms with Gasteiger partial charge in [-0.2, -0.15) is 15.4 Å². The minimum atomic E-state index is -0.977. The van der Waals surface area contributed by atoms with Gasteiger partial charge in [0.25, 0.3) is 0 Å². The quantitative estimate of drug-likeness (QED) is 0.692. The van der Waals surface area contributed by atoms with Gasteiger partial charge in [-0.3, -0.25) is 0 Å². The Kier molecular flexibility index (Phi) is 2.53. The van der Waals surface area contributed by atoms with E-state index < -0.39 is 6.10 Å². The van der Waals surface area contributed by atoms with Crippen molar-refractivity contribution < 1.29 is 5.11 Å². The topological polar surface area (TPSA) is 101 Å². The van der Waals surface area contributed by atoms with E-state index in [-0.39, 0.29) is 5.82 Å². The first-order valence-electron chi connectivity index (χ1n) is 4.13. The fourth-order valence-electron chi connectivity index (χ4n) is 1.19. The highest BCUT2D eigenvalue weighted by molar-refractivity contribution is 6.30. The van der Waals surface area contributed by atoms with Crippen LogP contribution in [0.1, 0.15) is 17.4 Å². The molecule has 2 rings (SSSR count). The molecule has 6 nitrogen and oxygen atoms in total. The zero-order chi connectivity index (χ0) is 10.8. The number of aliphatic hydroxyl groups excluding tert-OH is 1. The van der Waals surface area contributed by atoms with Gasteiger partial charge in [0.15, 0.2) is 0 Å². The van der Waals surface area contributed by atoms with Crippen molar-refractivity contribution in [3.05, 3.63) is 34.7 Å². The number of rotatable bonds is 2. The second-order valence-corrected chi connectivity index (χ2v) is 3.36. The van der Waals surface area contributed by atoms with Gasteiger partial charge in [0.1, 0.15) is 17.6 Å². The zero-order valence-electron chi connectivity index (χ0n) is 7.55. The third-order valence-corrected chi connectivity index (χ3v) is 2.13. The lowest BCUT2D eigenvalue weighted by atomic mass is 10.1. The molecule has 4 N–H and O–H groups in total. The van der Waals surface area contributed by atoms with E-state index in [2.05, 4.69) is 20.4 Å². The predicted octanol–water partition coefficient (Wildman–Crippen LogP) is 0.517. The summed E-state index contributed by atoms with van der Waals surface area (Å²) in [6, 6.07) is 1.54. The van der Waals surface area contributed by atoms with Gasteiger partial charge in [-0.1, -0.05) is 11.6 Å². The Morgan fingerprint density at radius 1 is 1.47 bits per heavy atom. The molecule has 0 aliphatic carbocycles. The minimum absolute atomic E-state index is 0.218. The molecule has 78 valence electrons. The fraction of sp³-hybridized carbons (Fsp3) is 0.125. The fourth-order valence-corrected chi connectivity index (χ4v) is 1.35. The lowest BCUT2D eigenvalue weighted by Crippen LogP contribution is -2.05. The number of aliphatic hydroxyl groups is 1. The second-order valence-electron chi connectivity index (χ2n) is 2.93. The smallest absolute Gasteiger partial charge is 0.129 e. The third kappa shape index (κ3) is 1.90. The number of pyridine rings is 1. The van der Waals surface area contributed by atoms with E-state index in [0.29, 0.717) is 16.3 Å². The number of hydrogen-bond acceptors (Lipinski definition) is 5. The molecule has 0 aliphatic rings. The van der Waals surface area contributed by atoms with Crippen LogP contribution < -0.4 is 5.73 Å². The third-order valence-electron chi connectivity index (χ3n) is 1.92. The molecule has 1 unspecified atom stereocenters. The standard InChI is InChI=1S/C8H8ClN5O/c9-4-1-5(8(10)11-2-4)7(15)6-3-12-14-13-6/h1-3,7,15H,(H2,10,11)(H,12,13,14). The van der Waals surface area contributed by atoms with Crippen LogP contribution in [0, 0.1) is 0 Å². The van der Waals surface area contributed by atoms with Crippen molar-refractivity contribution in [3.8, 4) is 0 Å². The molecule has 0 saturated heterocycles. The molecule has 0 aliphatic heterocycles. The zero-order valence-corrected chi connectivity index (χ0v) is 8.31. The van der Waals surface area contributed by atoms with E-state index >= 15 is 0 Å². The summed E-state index contributed by atoms with van der Waals surface area (Å²) in [5.74, 6) is 0.218. The van der Waals surface area contributed by atoms with Gasteiger partial charge in [-0.25, -0.2) is 4.98 Å². The summed E-state index contributed by atoms with van der Waals surface area (Å²) in [6.07, 6.45) is 1.84. The molecule has 7 heteroatoms. The van der Waals surface area contributed by atoms with E-state index in [9.17, 15) is 5.11 Å². The van der Waals surface area contributed by atoms with Crippen LogP contribution in [0.2, 0.25) is 5.02 Å². The number of nitrogen functional groups attached to an aromatic ring is 1. The molecule has 0 bridgehead atoms. The molecule has 0 aromatic carbocycles. The number of aromatic nitrogens is 4. The van der Waals surface area contributed by atoms with Crippen molar-refractivity contribution in [2.24, 2.45) is 0 Å². The van der Waals surface area contributed by atoms with E-state index in [1.165, 1.54) is 12.4 Å². The van der Waals surface area contributed by atoms with Crippen LogP contribution in [0.5, 0.6) is 0 Å². The van der Waals surface area contributed by atoms with E-state index in [4.69, 9.17) is 17.3 Å². The van der Waals surface area contributed by atoms with Gasteiger partial charge < -0.3 is 10.8 Å². The summed E-state index contributed by atoms with van der Waals surface area (Å²) in [7, 11) is 0. The maximum Gasteiger partial charge on any atom is 0.129 e. The maximum atomic E-state index is 9.88. The molecular formula is C8H8ClN5O. The molecule has 2 heterocycles. The Bertz CT molecular complexity index is 458. The number of aromatic amines is 1. The van der Waals surface area contributed by atoms with Gasteiger partial charge in [-0.05, 0) is 6.07 Å². The highest BCUT2D eigenvalue weighted by atomic mass is 35.5. The average Bonchev–Trinajstić information content (AvgIpc) is 2.74. The van der Waals surface area contributed by atoms with Crippen molar-refractivity contribution in [2.75, 3.05) is 5.73 Å². The minimum Gasteiger partial charge on any atom is -0.383 e. The van der Waals surface area contributed by atoms with Crippen LogP contribution in [0.25, 0.3) is 0 Å². The number of hydrogen-bond donors (Lipinski definition) is 3. The average molecular weight is 226 g/mol. The van der Waals surface area contributed by atoms with Gasteiger partial charge in [0.2, 0.25) is 0 Å². The first-order valence-corrected chi connectivity index (χ1v) is 4.51. The number of H-pyrrole nitrogens is 1. The van der Waals surface area contributed by atoms with E-state index in [1.807, 2.05) is 0 Å². The Morgan fingerprint density at radius 3 is 2.93 bits per heavy atom. The summed E-state index contributed by atoms with van der Waals surface area (Å²) in [5.41, 5.74) is 6.39. The first kappa shape index (κ1) is 9.88. The lowest BCUT2D eigenvalue weighted by molar-refractivity contribution is 0.215. The number of nitrogens with one attached hydrogen (secondary N) is 1. The first-order chi connectivity index (χ1) is 7.18. The van der Waals surface area contributed by atoms with Crippen molar-refractivity contribution in [3.63, 3.8) is 0 Å². The molecule has 2 aromatic rings. The molecule has 0 saturated carbocycles. The molecular weight excluding hydrogens is 218 g/mol. The largest absolute Gasteiger partial charge is 0.383 e.